The van der Waals surface area contributed by atoms with E-state index in [2.05, 4.69) is 0 Å². The molecule has 2 aromatic carbocycles. The topological polar surface area (TPSA) is 187 Å². The molecule has 10 atom stereocenters. The maximum atomic E-state index is 14.3. The van der Waals surface area contributed by atoms with Gasteiger partial charge in [-0.3, -0.25) is 19.2 Å². The third kappa shape index (κ3) is 7.32. The molecule has 1 unspecified atom stereocenters. The first-order chi connectivity index (χ1) is 27.3. The van der Waals surface area contributed by atoms with Gasteiger partial charge in [0.2, 0.25) is 0 Å². The molecule has 1 heterocycles. The Morgan fingerprint density at radius 1 is 0.793 bits per heavy atom. The molecule has 58 heavy (non-hydrogen) atoms. The van der Waals surface area contributed by atoms with E-state index in [0.29, 0.717) is 5.57 Å². The number of rotatable bonds is 10. The van der Waals surface area contributed by atoms with E-state index in [-0.39, 0.29) is 30.6 Å². The van der Waals surface area contributed by atoms with Crippen LogP contribution in [0, 0.1) is 16.7 Å². The maximum Gasteiger partial charge on any atom is 0.338 e. The van der Waals surface area contributed by atoms with Crippen molar-refractivity contribution in [1.29, 1.82) is 0 Å². The largest absolute Gasteiger partial charge is 0.462 e. The summed E-state index contributed by atoms with van der Waals surface area (Å²) < 4.78 is 43.6. The van der Waals surface area contributed by atoms with Gasteiger partial charge in [-0.2, -0.15) is 0 Å². The predicted molar refractivity (Wildman–Crippen MR) is 204 cm³/mol. The fourth-order valence-electron chi connectivity index (χ4n) is 9.99. The van der Waals surface area contributed by atoms with Crippen LogP contribution in [-0.4, -0.2) is 95.4 Å². The van der Waals surface area contributed by atoms with Crippen LogP contribution in [0.15, 0.2) is 77.9 Å². The molecule has 0 amide bonds. The molecular weight excluding hydrogens is 752 g/mol. The second kappa shape index (κ2) is 15.8. The van der Waals surface area contributed by atoms with Crippen LogP contribution in [0.2, 0.25) is 0 Å². The highest BCUT2D eigenvalue weighted by Crippen LogP contribution is 2.69. The lowest BCUT2D eigenvalue weighted by molar-refractivity contribution is -0.352. The number of carbonyl (C=O) groups excluding carboxylic acids is 6. The van der Waals surface area contributed by atoms with Crippen LogP contribution in [0.5, 0.6) is 0 Å². The van der Waals surface area contributed by atoms with Crippen LogP contribution in [0.4, 0.5) is 0 Å². The molecule has 0 spiro atoms. The van der Waals surface area contributed by atoms with Crippen molar-refractivity contribution in [1.82, 2.24) is 0 Å². The van der Waals surface area contributed by atoms with E-state index in [1.807, 2.05) is 18.2 Å². The molecule has 1 aliphatic heterocycles. The lowest BCUT2D eigenvalue weighted by Crippen LogP contribution is -2.79. The van der Waals surface area contributed by atoms with Gasteiger partial charge in [-0.1, -0.05) is 55.5 Å². The van der Waals surface area contributed by atoms with E-state index in [9.17, 15) is 33.9 Å². The summed E-state index contributed by atoms with van der Waals surface area (Å²) in [6, 6.07) is 17.1. The van der Waals surface area contributed by atoms with Gasteiger partial charge in [0, 0.05) is 46.6 Å². The highest BCUT2D eigenvalue weighted by molar-refractivity contribution is 5.90. The Kier molecular flexibility index (Phi) is 11.5. The number of aliphatic hydroxyl groups is 1. The molecule has 310 valence electrons. The van der Waals surface area contributed by atoms with Crippen LogP contribution in [-0.2, 0) is 57.1 Å². The van der Waals surface area contributed by atoms with Gasteiger partial charge in [0.1, 0.15) is 24.4 Å². The van der Waals surface area contributed by atoms with Crippen molar-refractivity contribution >= 4 is 41.9 Å². The highest BCUT2D eigenvalue weighted by Gasteiger charge is 2.81. The van der Waals surface area contributed by atoms with Crippen LogP contribution in [0.3, 0.4) is 0 Å². The average molecular weight is 803 g/mol. The minimum Gasteiger partial charge on any atom is -0.462 e. The quantitative estimate of drug-likeness (QED) is 0.149. The van der Waals surface area contributed by atoms with Crippen LogP contribution < -0.4 is 0 Å². The summed E-state index contributed by atoms with van der Waals surface area (Å²) in [6.07, 6.45) is -5.41. The summed E-state index contributed by atoms with van der Waals surface area (Å²) >= 11 is 0. The first kappa shape index (κ1) is 42.3. The molecule has 0 bridgehead atoms. The second-order valence-corrected chi connectivity index (χ2v) is 16.3. The number of hydrogen-bond acceptors (Lipinski definition) is 14. The Bertz CT molecular complexity index is 2020. The van der Waals surface area contributed by atoms with E-state index in [4.69, 9.17) is 33.2 Å². The number of benzene rings is 2. The summed E-state index contributed by atoms with van der Waals surface area (Å²) in [7, 11) is 0. The van der Waals surface area contributed by atoms with E-state index in [1.54, 1.807) is 50.3 Å². The number of esters is 6. The van der Waals surface area contributed by atoms with Gasteiger partial charge in [0.05, 0.1) is 34.5 Å². The van der Waals surface area contributed by atoms with Gasteiger partial charge in [0.25, 0.3) is 0 Å². The van der Waals surface area contributed by atoms with Crippen molar-refractivity contribution in [2.24, 2.45) is 16.7 Å². The molecule has 1 N–H and O–H groups in total. The standard InChI is InChI=1S/C44H50O14/c1-24-31(56-34(49)20-19-29-15-11-9-12-16-29)22-43(41(6,7)51)35(24)36(57-40(50)30-17-13-10-14-18-30)38(54-26(3)46)42(8)32(53-25(2)45)21-33-44(23-52-33,58-28(5)48)37(42)39(43)55-27(4)47/h9-20,31-33,36-39,51H,21-23H2,1-8H3/t31-,32-,33-,36-,37?,38-,39-,42-,43+,44+/m0/s1. The number of hydrogen-bond donors (Lipinski definition) is 1. The highest BCUT2D eigenvalue weighted by atomic mass is 16.6. The fourth-order valence-corrected chi connectivity index (χ4v) is 9.99. The fraction of sp³-hybridized carbons (Fsp3) is 0.500. The Hall–Kier alpha value is -5.34. The Morgan fingerprint density at radius 3 is 1.91 bits per heavy atom. The van der Waals surface area contributed by atoms with Crippen molar-refractivity contribution < 1.29 is 67.0 Å². The Morgan fingerprint density at radius 2 is 1.38 bits per heavy atom. The lowest BCUT2D eigenvalue weighted by Gasteiger charge is -2.65. The SMILES string of the molecule is CC(=O)O[C@H]1C[C@@H]2OC[C@]2(OC(C)=O)C2[C@H](OC(C)=O)[C@@]3(C(C)(C)O)C[C@H](OC(=O)C=Cc4ccccc4)C(C)=C3[C@H](OC(=O)c3ccccc3)[C@H](OC(C)=O)[C@]21C. The normalized spacial score (nSPS) is 32.6. The van der Waals surface area contributed by atoms with E-state index in [1.165, 1.54) is 52.8 Å². The first-order valence-corrected chi connectivity index (χ1v) is 19.2. The third-order valence-electron chi connectivity index (χ3n) is 12.3. The van der Waals surface area contributed by atoms with E-state index < -0.39 is 100 Å². The average Bonchev–Trinajstić information content (AvgIpc) is 3.40. The predicted octanol–water partition coefficient (Wildman–Crippen LogP) is 4.85. The van der Waals surface area contributed by atoms with E-state index in [0.717, 1.165) is 12.5 Å². The van der Waals surface area contributed by atoms with E-state index >= 15 is 0 Å². The van der Waals surface area contributed by atoms with Crippen LogP contribution in [0.25, 0.3) is 6.08 Å². The monoisotopic (exact) mass is 802 g/mol. The maximum absolute atomic E-state index is 14.3. The van der Waals surface area contributed by atoms with Gasteiger partial charge < -0.3 is 38.3 Å². The number of carbonyl (C=O) groups is 6. The summed E-state index contributed by atoms with van der Waals surface area (Å²) in [6.45, 7) is 10.8. The zero-order valence-corrected chi connectivity index (χ0v) is 33.8. The van der Waals surface area contributed by atoms with Crippen molar-refractivity contribution in [2.75, 3.05) is 6.61 Å². The van der Waals surface area contributed by atoms with Gasteiger partial charge in [-0.05, 0) is 55.7 Å². The van der Waals surface area contributed by atoms with Crippen molar-refractivity contribution in [3.8, 4) is 0 Å². The second-order valence-electron chi connectivity index (χ2n) is 16.3. The first-order valence-electron chi connectivity index (χ1n) is 19.2. The molecule has 0 aromatic heterocycles. The van der Waals surface area contributed by atoms with Gasteiger partial charge in [-0.25, -0.2) is 9.59 Å². The molecular formula is C44H50O14. The Balaban J connectivity index is 1.68. The lowest BCUT2D eigenvalue weighted by atomic mass is 9.49. The molecule has 14 heteroatoms. The number of fused-ring (bicyclic) bond motifs is 4. The van der Waals surface area contributed by atoms with Crippen LogP contribution >= 0.6 is 0 Å². The molecule has 4 aliphatic rings. The molecule has 6 rings (SSSR count). The third-order valence-corrected chi connectivity index (χ3v) is 12.3. The smallest absolute Gasteiger partial charge is 0.338 e. The van der Waals surface area contributed by atoms with Crippen molar-refractivity contribution in [3.63, 3.8) is 0 Å². The Labute approximate surface area is 336 Å². The summed E-state index contributed by atoms with van der Waals surface area (Å²) in [5.74, 6) is -5.91. The molecule has 1 saturated heterocycles. The summed E-state index contributed by atoms with van der Waals surface area (Å²) in [5, 5.41) is 12.7. The zero-order valence-electron chi connectivity index (χ0n) is 33.8. The summed E-state index contributed by atoms with van der Waals surface area (Å²) in [5.41, 5.74) is -5.78. The molecule has 3 aliphatic carbocycles. The van der Waals surface area contributed by atoms with Gasteiger partial charge in [0.15, 0.2) is 17.8 Å². The van der Waals surface area contributed by atoms with Crippen LogP contribution in [0.1, 0.15) is 84.2 Å². The van der Waals surface area contributed by atoms with Crippen molar-refractivity contribution in [3.05, 3.63) is 89.0 Å². The minimum atomic E-state index is -1.93. The molecule has 2 aromatic rings. The molecule has 14 nitrogen and oxygen atoms in total. The number of ether oxygens (including phenoxy) is 7. The van der Waals surface area contributed by atoms with Gasteiger partial charge >= 0.3 is 35.8 Å². The van der Waals surface area contributed by atoms with Crippen molar-refractivity contribution in [2.45, 2.75) is 116 Å². The van der Waals surface area contributed by atoms with Gasteiger partial charge in [-0.15, -0.1) is 0 Å². The molecule has 2 saturated carbocycles. The minimum absolute atomic E-state index is 0.0642. The molecule has 3 fully saturated rings. The summed E-state index contributed by atoms with van der Waals surface area (Å²) in [4.78, 5) is 80.9. The zero-order chi connectivity index (χ0) is 42.4. The molecule has 0 radical (unpaired) electrons.